The zero-order chi connectivity index (χ0) is 11.1. The van der Waals surface area contributed by atoms with E-state index < -0.39 is 5.60 Å². The quantitative estimate of drug-likeness (QED) is 0.621. The van der Waals surface area contributed by atoms with E-state index in [2.05, 4.69) is 17.6 Å². The minimum atomic E-state index is -0.531. The molecule has 1 saturated heterocycles. The van der Waals surface area contributed by atoms with Gasteiger partial charge in [-0.3, -0.25) is 0 Å². The number of aliphatic hydroxyl groups is 1. The van der Waals surface area contributed by atoms with E-state index in [4.69, 9.17) is 0 Å². The van der Waals surface area contributed by atoms with E-state index in [1.165, 1.54) is 19.4 Å². The van der Waals surface area contributed by atoms with Crippen LogP contribution in [-0.2, 0) is 0 Å². The fraction of sp³-hybridized carbons (Fsp3) is 1.00. The zero-order valence-corrected chi connectivity index (χ0v) is 10.2. The Bertz CT molecular complexity index is 165. The van der Waals surface area contributed by atoms with Gasteiger partial charge in [-0.2, -0.15) is 0 Å². The largest absolute Gasteiger partial charge is 0.389 e. The number of piperidine rings is 1. The fourth-order valence-electron chi connectivity index (χ4n) is 2.27. The molecule has 1 rings (SSSR count). The van der Waals surface area contributed by atoms with Crippen LogP contribution in [0.2, 0.25) is 0 Å². The first-order valence-electron chi connectivity index (χ1n) is 6.28. The summed E-state index contributed by atoms with van der Waals surface area (Å²) in [6.07, 6.45) is 4.52. The first-order chi connectivity index (χ1) is 7.14. The molecule has 1 fully saturated rings. The Morgan fingerprint density at radius 3 is 2.93 bits per heavy atom. The highest BCUT2D eigenvalue weighted by Crippen LogP contribution is 2.12. The van der Waals surface area contributed by atoms with Crippen molar-refractivity contribution in [3.63, 3.8) is 0 Å². The van der Waals surface area contributed by atoms with E-state index in [1.54, 1.807) is 0 Å². The third-order valence-corrected chi connectivity index (χ3v) is 3.13. The van der Waals surface area contributed by atoms with Gasteiger partial charge in [0, 0.05) is 6.54 Å². The smallest absolute Gasteiger partial charge is 0.0743 e. The zero-order valence-electron chi connectivity index (χ0n) is 10.2. The van der Waals surface area contributed by atoms with Crippen LogP contribution in [0.4, 0.5) is 0 Å². The van der Waals surface area contributed by atoms with E-state index in [-0.39, 0.29) is 0 Å². The molecule has 2 unspecified atom stereocenters. The molecule has 90 valence electrons. The van der Waals surface area contributed by atoms with Gasteiger partial charge in [-0.25, -0.2) is 0 Å². The summed E-state index contributed by atoms with van der Waals surface area (Å²) < 4.78 is 0. The van der Waals surface area contributed by atoms with Crippen LogP contribution in [0.25, 0.3) is 0 Å². The highest BCUT2D eigenvalue weighted by molar-refractivity contribution is 4.77. The molecule has 0 aromatic rings. The van der Waals surface area contributed by atoms with Gasteiger partial charge >= 0.3 is 0 Å². The Morgan fingerprint density at radius 1 is 1.53 bits per heavy atom. The van der Waals surface area contributed by atoms with Crippen LogP contribution >= 0.6 is 0 Å². The summed E-state index contributed by atoms with van der Waals surface area (Å²) in [6, 6.07) is 0. The monoisotopic (exact) mass is 214 g/mol. The van der Waals surface area contributed by atoms with Crippen LogP contribution in [0.15, 0.2) is 0 Å². The molecule has 3 N–H and O–H groups in total. The Morgan fingerprint density at radius 2 is 2.33 bits per heavy atom. The first-order valence-corrected chi connectivity index (χ1v) is 6.28. The fourth-order valence-corrected chi connectivity index (χ4v) is 2.27. The number of hydrogen-bond acceptors (Lipinski definition) is 3. The van der Waals surface area contributed by atoms with Crippen LogP contribution in [0.3, 0.4) is 0 Å². The number of rotatable bonds is 6. The normalized spacial score (nSPS) is 26.2. The maximum Gasteiger partial charge on any atom is 0.0743 e. The summed E-state index contributed by atoms with van der Waals surface area (Å²) >= 11 is 0. The van der Waals surface area contributed by atoms with Gasteiger partial charge in [-0.1, -0.05) is 13.3 Å². The van der Waals surface area contributed by atoms with Crippen LogP contribution in [0, 0.1) is 5.92 Å². The Hall–Kier alpha value is -0.120. The van der Waals surface area contributed by atoms with Crippen molar-refractivity contribution < 1.29 is 5.11 Å². The highest BCUT2D eigenvalue weighted by Gasteiger charge is 2.19. The van der Waals surface area contributed by atoms with Gasteiger partial charge in [0.25, 0.3) is 0 Å². The van der Waals surface area contributed by atoms with E-state index >= 15 is 0 Å². The second-order valence-electron chi connectivity index (χ2n) is 5.09. The molecule has 0 aliphatic carbocycles. The molecule has 0 aromatic carbocycles. The van der Waals surface area contributed by atoms with Crippen molar-refractivity contribution in [1.29, 1.82) is 0 Å². The van der Waals surface area contributed by atoms with E-state index in [9.17, 15) is 5.11 Å². The van der Waals surface area contributed by atoms with Crippen LogP contribution in [0.1, 0.15) is 39.5 Å². The number of hydrogen-bond donors (Lipinski definition) is 3. The maximum atomic E-state index is 9.97. The molecule has 1 aliphatic rings. The molecule has 0 aromatic heterocycles. The summed E-state index contributed by atoms with van der Waals surface area (Å²) in [4.78, 5) is 0. The van der Waals surface area contributed by atoms with Crippen LogP contribution < -0.4 is 10.6 Å². The third-order valence-electron chi connectivity index (χ3n) is 3.13. The Balaban J connectivity index is 2.09. The number of nitrogens with one attached hydrogen (secondary N) is 2. The van der Waals surface area contributed by atoms with Gasteiger partial charge in [0.15, 0.2) is 0 Å². The summed E-state index contributed by atoms with van der Waals surface area (Å²) in [5, 5.41) is 16.8. The molecule has 0 spiro atoms. The van der Waals surface area contributed by atoms with E-state index in [0.29, 0.717) is 0 Å². The van der Waals surface area contributed by atoms with Crippen molar-refractivity contribution >= 4 is 0 Å². The lowest BCUT2D eigenvalue weighted by molar-refractivity contribution is 0.0489. The van der Waals surface area contributed by atoms with Crippen molar-refractivity contribution in [1.82, 2.24) is 10.6 Å². The lowest BCUT2D eigenvalue weighted by Gasteiger charge is -2.27. The SMILES string of the molecule is CCCC(C)(O)CNCC1CCCNC1. The highest BCUT2D eigenvalue weighted by atomic mass is 16.3. The lowest BCUT2D eigenvalue weighted by Crippen LogP contribution is -2.42. The lowest BCUT2D eigenvalue weighted by atomic mass is 9.98. The predicted octanol–water partition coefficient (Wildman–Crippen LogP) is 1.13. The molecular formula is C12H26N2O. The van der Waals surface area contributed by atoms with Gasteiger partial charge in [0.2, 0.25) is 0 Å². The molecule has 15 heavy (non-hydrogen) atoms. The summed E-state index contributed by atoms with van der Waals surface area (Å²) in [7, 11) is 0. The summed E-state index contributed by atoms with van der Waals surface area (Å²) in [5.41, 5.74) is -0.531. The van der Waals surface area contributed by atoms with Crippen molar-refractivity contribution in [2.75, 3.05) is 26.2 Å². The van der Waals surface area contributed by atoms with E-state index in [0.717, 1.165) is 38.4 Å². The molecule has 3 heteroatoms. The standard InChI is InChI=1S/C12H26N2O/c1-3-6-12(2,15)10-14-9-11-5-4-7-13-8-11/h11,13-15H,3-10H2,1-2H3. The van der Waals surface area contributed by atoms with Gasteiger partial charge in [-0.05, 0) is 51.7 Å². The van der Waals surface area contributed by atoms with Crippen LogP contribution in [0.5, 0.6) is 0 Å². The minimum Gasteiger partial charge on any atom is -0.389 e. The molecular weight excluding hydrogens is 188 g/mol. The third kappa shape index (κ3) is 5.50. The summed E-state index contributed by atoms with van der Waals surface area (Å²) in [6.45, 7) is 8.08. The molecule has 0 bridgehead atoms. The molecule has 2 atom stereocenters. The van der Waals surface area contributed by atoms with Crippen molar-refractivity contribution in [2.24, 2.45) is 5.92 Å². The van der Waals surface area contributed by atoms with Gasteiger partial charge in [0.1, 0.15) is 0 Å². The maximum absolute atomic E-state index is 9.97. The average molecular weight is 214 g/mol. The van der Waals surface area contributed by atoms with Crippen molar-refractivity contribution in [3.8, 4) is 0 Å². The first kappa shape index (κ1) is 12.9. The second kappa shape index (κ2) is 6.46. The van der Waals surface area contributed by atoms with Gasteiger partial charge in [-0.15, -0.1) is 0 Å². The Kier molecular flexibility index (Phi) is 5.58. The van der Waals surface area contributed by atoms with Crippen molar-refractivity contribution in [3.05, 3.63) is 0 Å². The Labute approximate surface area is 93.6 Å². The molecule has 0 radical (unpaired) electrons. The molecule has 1 aliphatic heterocycles. The van der Waals surface area contributed by atoms with Crippen molar-refractivity contribution in [2.45, 2.75) is 45.1 Å². The predicted molar refractivity (Wildman–Crippen MR) is 64.0 cm³/mol. The van der Waals surface area contributed by atoms with Crippen LogP contribution in [-0.4, -0.2) is 36.9 Å². The van der Waals surface area contributed by atoms with Gasteiger partial charge in [0.05, 0.1) is 5.60 Å². The topological polar surface area (TPSA) is 44.3 Å². The summed E-state index contributed by atoms with van der Waals surface area (Å²) in [5.74, 6) is 0.746. The molecule has 1 heterocycles. The van der Waals surface area contributed by atoms with Gasteiger partial charge < -0.3 is 15.7 Å². The second-order valence-corrected chi connectivity index (χ2v) is 5.09. The van der Waals surface area contributed by atoms with E-state index in [1.807, 2.05) is 6.92 Å². The average Bonchev–Trinajstić information content (AvgIpc) is 2.19. The minimum absolute atomic E-state index is 0.531. The molecule has 3 nitrogen and oxygen atoms in total. The molecule has 0 amide bonds. The molecule has 0 saturated carbocycles.